The van der Waals surface area contributed by atoms with E-state index in [0.717, 1.165) is 45.6 Å². The molecule has 4 heteroatoms. The van der Waals surface area contributed by atoms with Gasteiger partial charge in [-0.25, -0.2) is 0 Å². The quantitative estimate of drug-likeness (QED) is 0.320. The van der Waals surface area contributed by atoms with E-state index in [1.165, 1.54) is 36.8 Å². The van der Waals surface area contributed by atoms with Crippen LogP contribution in [-0.4, -0.2) is 50.2 Å². The first-order chi connectivity index (χ1) is 11.1. The van der Waals surface area contributed by atoms with E-state index in [1.807, 2.05) is 0 Å². The summed E-state index contributed by atoms with van der Waals surface area (Å²) in [7, 11) is 0. The van der Waals surface area contributed by atoms with Gasteiger partial charge >= 0.3 is 0 Å². The molecule has 0 aliphatic heterocycles. The number of nitrogens with two attached hydrogens (primary N) is 2. The summed E-state index contributed by atoms with van der Waals surface area (Å²) in [5, 5.41) is 3.58. The van der Waals surface area contributed by atoms with Gasteiger partial charge in [0.25, 0.3) is 0 Å². The van der Waals surface area contributed by atoms with Crippen LogP contribution in [0, 0.1) is 0 Å². The highest BCUT2D eigenvalue weighted by molar-refractivity contribution is 5.08. The van der Waals surface area contributed by atoms with Crippen molar-refractivity contribution in [1.29, 1.82) is 0 Å². The van der Waals surface area contributed by atoms with Gasteiger partial charge in [-0.15, -0.1) is 0 Å². The maximum atomic E-state index is 6.06. The third-order valence-electron chi connectivity index (χ3n) is 4.62. The Morgan fingerprint density at radius 3 is 2.26 bits per heavy atom. The molecule has 0 amide bonds. The highest BCUT2D eigenvalue weighted by Crippen LogP contribution is 2.14. The van der Waals surface area contributed by atoms with Gasteiger partial charge in [0.1, 0.15) is 0 Å². The zero-order chi connectivity index (χ0) is 17.5. The molecule has 138 valence electrons. The molecular weight excluding hydrogens is 284 g/mol. The molecule has 0 aliphatic rings. The van der Waals surface area contributed by atoms with Crippen LogP contribution in [0.2, 0.25) is 0 Å². The van der Waals surface area contributed by atoms with Crippen LogP contribution >= 0.6 is 0 Å². The van der Waals surface area contributed by atoms with E-state index in [2.05, 4.69) is 37.9 Å². The number of nitrogens with one attached hydrogen (secondary N) is 1. The second-order valence-corrected chi connectivity index (χ2v) is 6.86. The van der Waals surface area contributed by atoms with E-state index in [0.29, 0.717) is 12.6 Å². The van der Waals surface area contributed by atoms with Gasteiger partial charge in [-0.05, 0) is 59.7 Å². The van der Waals surface area contributed by atoms with E-state index in [-0.39, 0.29) is 0 Å². The van der Waals surface area contributed by atoms with Crippen LogP contribution in [0.3, 0.4) is 0 Å². The maximum absolute atomic E-state index is 6.06. The van der Waals surface area contributed by atoms with Crippen molar-refractivity contribution in [2.75, 3.05) is 39.3 Å². The Labute approximate surface area is 145 Å². The molecule has 0 saturated heterocycles. The molecule has 1 atom stereocenters. The summed E-state index contributed by atoms with van der Waals surface area (Å²) in [5.41, 5.74) is 14.6. The van der Waals surface area contributed by atoms with Gasteiger partial charge in [0, 0.05) is 25.7 Å². The van der Waals surface area contributed by atoms with Crippen molar-refractivity contribution in [3.05, 3.63) is 11.1 Å². The molecule has 0 saturated carbocycles. The Hall–Kier alpha value is -0.420. The predicted molar refractivity (Wildman–Crippen MR) is 104 cm³/mol. The summed E-state index contributed by atoms with van der Waals surface area (Å²) >= 11 is 0. The molecule has 5 N–H and O–H groups in total. The van der Waals surface area contributed by atoms with E-state index >= 15 is 0 Å². The number of nitrogens with zero attached hydrogens (tertiary/aromatic N) is 1. The number of unbranched alkanes of at least 4 members (excludes halogenated alkanes) is 3. The Morgan fingerprint density at radius 2 is 1.70 bits per heavy atom. The topological polar surface area (TPSA) is 67.3 Å². The lowest BCUT2D eigenvalue weighted by Gasteiger charge is -2.31. The molecule has 4 nitrogen and oxygen atoms in total. The van der Waals surface area contributed by atoms with Gasteiger partial charge in [-0.2, -0.15) is 0 Å². The summed E-state index contributed by atoms with van der Waals surface area (Å²) in [6.07, 6.45) is 7.39. The van der Waals surface area contributed by atoms with E-state index < -0.39 is 0 Å². The summed E-state index contributed by atoms with van der Waals surface area (Å²) in [5.74, 6) is 0. The van der Waals surface area contributed by atoms with Crippen LogP contribution < -0.4 is 16.8 Å². The molecule has 0 radical (unpaired) electrons. The molecule has 0 rings (SSSR count). The minimum absolute atomic E-state index is 0.429. The van der Waals surface area contributed by atoms with Crippen LogP contribution in [-0.2, 0) is 0 Å². The number of allylic oxidation sites excluding steroid dienone is 1. The zero-order valence-electron chi connectivity index (χ0n) is 16.2. The molecule has 0 bridgehead atoms. The molecule has 0 heterocycles. The highest BCUT2D eigenvalue weighted by Gasteiger charge is 2.17. The highest BCUT2D eigenvalue weighted by atomic mass is 15.2. The molecular formula is C19H42N4. The lowest BCUT2D eigenvalue weighted by atomic mass is 10.0. The minimum atomic E-state index is 0.429. The van der Waals surface area contributed by atoms with Gasteiger partial charge in [0.05, 0.1) is 0 Å². The monoisotopic (exact) mass is 326 g/mol. The van der Waals surface area contributed by atoms with Crippen molar-refractivity contribution < 1.29 is 0 Å². The lowest BCUT2D eigenvalue weighted by molar-refractivity contribution is 0.197. The summed E-state index contributed by atoms with van der Waals surface area (Å²) in [6, 6.07) is 0.429. The van der Waals surface area contributed by atoms with E-state index in [9.17, 15) is 0 Å². The SMILES string of the molecule is CCCCCCNCCN(CCCN)C(CN)CC(C)=C(C)C. The van der Waals surface area contributed by atoms with Gasteiger partial charge in [-0.1, -0.05) is 37.3 Å². The standard InChI is InChI=1S/C19H42N4/c1-5-6-7-8-11-22-12-14-23(13-9-10-20)19(16-21)15-18(4)17(2)3/h19,22H,5-16,20-21H2,1-4H3. The fourth-order valence-corrected chi connectivity index (χ4v) is 2.71. The first-order valence-electron chi connectivity index (χ1n) is 9.54. The number of rotatable bonds is 15. The van der Waals surface area contributed by atoms with Crippen molar-refractivity contribution in [1.82, 2.24) is 10.2 Å². The van der Waals surface area contributed by atoms with Crippen LogP contribution in [0.4, 0.5) is 0 Å². The molecule has 0 aromatic rings. The normalized spacial score (nSPS) is 12.7. The van der Waals surface area contributed by atoms with Gasteiger partial charge < -0.3 is 16.8 Å². The van der Waals surface area contributed by atoms with Gasteiger partial charge in [-0.3, -0.25) is 4.90 Å². The summed E-state index contributed by atoms with van der Waals surface area (Å²) in [4.78, 5) is 2.53. The number of hydrogen-bond acceptors (Lipinski definition) is 4. The fraction of sp³-hybridized carbons (Fsp3) is 0.895. The Bertz CT molecular complexity index is 298. The first kappa shape index (κ1) is 22.6. The van der Waals surface area contributed by atoms with Crippen molar-refractivity contribution in [3.8, 4) is 0 Å². The van der Waals surface area contributed by atoms with Crippen molar-refractivity contribution >= 4 is 0 Å². The first-order valence-corrected chi connectivity index (χ1v) is 9.54. The van der Waals surface area contributed by atoms with Gasteiger partial charge in [0.15, 0.2) is 0 Å². The molecule has 0 spiro atoms. The van der Waals surface area contributed by atoms with Crippen molar-refractivity contribution in [2.24, 2.45) is 11.5 Å². The Kier molecular flexibility index (Phi) is 14.9. The largest absolute Gasteiger partial charge is 0.330 e. The molecule has 0 aromatic carbocycles. The molecule has 0 aromatic heterocycles. The average molecular weight is 327 g/mol. The molecule has 23 heavy (non-hydrogen) atoms. The van der Waals surface area contributed by atoms with Crippen LogP contribution in [0.25, 0.3) is 0 Å². The van der Waals surface area contributed by atoms with E-state index in [4.69, 9.17) is 11.5 Å². The van der Waals surface area contributed by atoms with Crippen LogP contribution in [0.1, 0.15) is 66.2 Å². The van der Waals surface area contributed by atoms with E-state index in [1.54, 1.807) is 0 Å². The maximum Gasteiger partial charge on any atom is 0.0256 e. The second kappa shape index (κ2) is 15.1. The average Bonchev–Trinajstić information content (AvgIpc) is 2.54. The second-order valence-electron chi connectivity index (χ2n) is 6.86. The third-order valence-corrected chi connectivity index (χ3v) is 4.62. The fourth-order valence-electron chi connectivity index (χ4n) is 2.71. The smallest absolute Gasteiger partial charge is 0.0256 e. The van der Waals surface area contributed by atoms with Crippen LogP contribution in [0.5, 0.6) is 0 Å². The summed E-state index contributed by atoms with van der Waals surface area (Å²) in [6.45, 7) is 14.6. The number of hydrogen-bond donors (Lipinski definition) is 3. The lowest BCUT2D eigenvalue weighted by Crippen LogP contribution is -2.45. The van der Waals surface area contributed by atoms with Crippen molar-refractivity contribution in [2.45, 2.75) is 72.3 Å². The third kappa shape index (κ3) is 11.7. The minimum Gasteiger partial charge on any atom is -0.330 e. The van der Waals surface area contributed by atoms with Crippen molar-refractivity contribution in [3.63, 3.8) is 0 Å². The predicted octanol–water partition coefficient (Wildman–Crippen LogP) is 2.88. The Balaban J connectivity index is 4.28. The summed E-state index contributed by atoms with van der Waals surface area (Å²) < 4.78 is 0. The molecule has 0 aliphatic carbocycles. The van der Waals surface area contributed by atoms with Gasteiger partial charge in [0.2, 0.25) is 0 Å². The Morgan fingerprint density at radius 1 is 0.957 bits per heavy atom. The van der Waals surface area contributed by atoms with Crippen LogP contribution in [0.15, 0.2) is 11.1 Å². The molecule has 1 unspecified atom stereocenters. The zero-order valence-corrected chi connectivity index (χ0v) is 16.2. The molecule has 0 fully saturated rings.